The Morgan fingerprint density at radius 3 is 2.61 bits per heavy atom. The molecule has 0 unspecified atom stereocenters. The molecule has 0 fully saturated rings. The standard InChI is InChI=1S/C21H22N6S/c1-16-8-6-9-17(2)20(16)23-21(28)25-22-13-7-12-19-15-27(26-24-19)14-18-10-4-3-5-11-18/h3-13,15H,14H2,1-2H3,(H2,23,25,28)/b12-7+,22-13+. The number of allylic oxidation sites excluding steroid dienone is 1. The fourth-order valence-electron chi connectivity index (χ4n) is 2.67. The Kier molecular flexibility index (Phi) is 6.64. The highest BCUT2D eigenvalue weighted by atomic mass is 32.1. The molecule has 2 N–H and O–H groups in total. The lowest BCUT2D eigenvalue weighted by Crippen LogP contribution is -2.24. The molecule has 1 aromatic heterocycles. The molecule has 28 heavy (non-hydrogen) atoms. The second kappa shape index (κ2) is 9.57. The zero-order valence-electron chi connectivity index (χ0n) is 15.8. The molecule has 0 aliphatic carbocycles. The molecule has 7 heteroatoms. The van der Waals surface area contributed by atoms with Crippen molar-refractivity contribution in [2.45, 2.75) is 20.4 Å². The average Bonchev–Trinajstić information content (AvgIpc) is 3.12. The predicted molar refractivity (Wildman–Crippen MR) is 118 cm³/mol. The van der Waals surface area contributed by atoms with Crippen molar-refractivity contribution in [2.75, 3.05) is 5.32 Å². The Morgan fingerprint density at radius 1 is 1.11 bits per heavy atom. The first kappa shape index (κ1) is 19.4. The molecule has 142 valence electrons. The quantitative estimate of drug-likeness (QED) is 0.379. The Bertz CT molecular complexity index is 971. The van der Waals surface area contributed by atoms with Gasteiger partial charge in [-0.05, 0) is 54.9 Å². The third-order valence-electron chi connectivity index (χ3n) is 4.06. The second-order valence-electron chi connectivity index (χ2n) is 6.30. The van der Waals surface area contributed by atoms with E-state index in [1.807, 2.05) is 62.5 Å². The monoisotopic (exact) mass is 390 g/mol. The minimum absolute atomic E-state index is 0.441. The Hall–Kier alpha value is -3.32. The van der Waals surface area contributed by atoms with E-state index in [4.69, 9.17) is 12.2 Å². The van der Waals surface area contributed by atoms with Gasteiger partial charge in [-0.25, -0.2) is 4.68 Å². The van der Waals surface area contributed by atoms with Gasteiger partial charge in [-0.2, -0.15) is 5.10 Å². The van der Waals surface area contributed by atoms with Crippen molar-refractivity contribution in [1.29, 1.82) is 0 Å². The van der Waals surface area contributed by atoms with E-state index >= 15 is 0 Å². The fourth-order valence-corrected chi connectivity index (χ4v) is 2.83. The molecule has 3 aromatic rings. The molecular weight excluding hydrogens is 368 g/mol. The van der Waals surface area contributed by atoms with Crippen molar-refractivity contribution in [3.05, 3.63) is 83.2 Å². The van der Waals surface area contributed by atoms with Gasteiger partial charge in [0.15, 0.2) is 5.11 Å². The van der Waals surface area contributed by atoms with E-state index in [9.17, 15) is 0 Å². The van der Waals surface area contributed by atoms with E-state index in [1.54, 1.807) is 17.0 Å². The van der Waals surface area contributed by atoms with Crippen molar-refractivity contribution in [3.8, 4) is 0 Å². The lowest BCUT2D eigenvalue weighted by atomic mass is 10.1. The number of aromatic nitrogens is 3. The van der Waals surface area contributed by atoms with Crippen LogP contribution in [0.25, 0.3) is 6.08 Å². The van der Waals surface area contributed by atoms with Gasteiger partial charge in [0.05, 0.1) is 12.7 Å². The fraction of sp³-hybridized carbons (Fsp3) is 0.143. The van der Waals surface area contributed by atoms with Crippen LogP contribution >= 0.6 is 12.2 Å². The topological polar surface area (TPSA) is 67.1 Å². The van der Waals surface area contributed by atoms with E-state index in [0.717, 1.165) is 22.5 Å². The molecule has 6 nitrogen and oxygen atoms in total. The number of hydrazone groups is 1. The van der Waals surface area contributed by atoms with Gasteiger partial charge in [0.1, 0.15) is 5.69 Å². The highest BCUT2D eigenvalue weighted by molar-refractivity contribution is 7.80. The molecule has 0 radical (unpaired) electrons. The largest absolute Gasteiger partial charge is 0.331 e. The maximum absolute atomic E-state index is 5.28. The zero-order chi connectivity index (χ0) is 19.8. The molecule has 2 aromatic carbocycles. The summed E-state index contributed by atoms with van der Waals surface area (Å²) in [6.07, 6.45) is 7.12. The lowest BCUT2D eigenvalue weighted by molar-refractivity contribution is 0.649. The Morgan fingerprint density at radius 2 is 1.86 bits per heavy atom. The maximum Gasteiger partial charge on any atom is 0.191 e. The summed E-state index contributed by atoms with van der Waals surface area (Å²) in [7, 11) is 0. The van der Waals surface area contributed by atoms with Crippen LogP contribution in [-0.2, 0) is 6.54 Å². The molecule has 0 saturated heterocycles. The summed E-state index contributed by atoms with van der Waals surface area (Å²) in [5.41, 5.74) is 8.01. The van der Waals surface area contributed by atoms with Gasteiger partial charge in [0.25, 0.3) is 0 Å². The van der Waals surface area contributed by atoms with Gasteiger partial charge in [-0.1, -0.05) is 53.7 Å². The average molecular weight is 391 g/mol. The molecule has 0 amide bonds. The van der Waals surface area contributed by atoms with Crippen LogP contribution in [0.4, 0.5) is 5.69 Å². The van der Waals surface area contributed by atoms with Crippen LogP contribution in [0, 0.1) is 13.8 Å². The van der Waals surface area contributed by atoms with Gasteiger partial charge in [0.2, 0.25) is 0 Å². The zero-order valence-corrected chi connectivity index (χ0v) is 16.6. The van der Waals surface area contributed by atoms with Crippen LogP contribution in [0.15, 0.2) is 65.9 Å². The number of hydrogen-bond donors (Lipinski definition) is 2. The second-order valence-corrected chi connectivity index (χ2v) is 6.70. The molecule has 0 aliphatic rings. The summed E-state index contributed by atoms with van der Waals surface area (Å²) >= 11 is 5.28. The van der Waals surface area contributed by atoms with Crippen LogP contribution < -0.4 is 10.7 Å². The van der Waals surface area contributed by atoms with E-state index in [1.165, 1.54) is 5.56 Å². The number of nitrogens with zero attached hydrogens (tertiary/aromatic N) is 4. The summed E-state index contributed by atoms with van der Waals surface area (Å²) in [6, 6.07) is 16.2. The minimum Gasteiger partial charge on any atom is -0.331 e. The van der Waals surface area contributed by atoms with Gasteiger partial charge in [-0.15, -0.1) is 5.10 Å². The van der Waals surface area contributed by atoms with Crippen LogP contribution in [0.5, 0.6) is 0 Å². The van der Waals surface area contributed by atoms with E-state index in [2.05, 4.69) is 38.3 Å². The van der Waals surface area contributed by atoms with E-state index in [0.29, 0.717) is 11.7 Å². The summed E-state index contributed by atoms with van der Waals surface area (Å²) in [5.74, 6) is 0. The SMILES string of the molecule is Cc1cccc(C)c1NC(=S)N/N=C/C=C/c1cn(Cc2ccccc2)nn1. The molecule has 0 atom stereocenters. The number of thiocarbonyl (C=S) groups is 1. The van der Waals surface area contributed by atoms with Gasteiger partial charge < -0.3 is 5.32 Å². The molecule has 0 spiro atoms. The Labute approximate surface area is 170 Å². The first-order valence-electron chi connectivity index (χ1n) is 8.89. The number of nitrogens with one attached hydrogen (secondary N) is 2. The van der Waals surface area contributed by atoms with Crippen LogP contribution in [0.1, 0.15) is 22.4 Å². The maximum atomic E-state index is 5.28. The van der Waals surface area contributed by atoms with E-state index in [-0.39, 0.29) is 0 Å². The number of benzene rings is 2. The normalized spacial score (nSPS) is 11.2. The van der Waals surface area contributed by atoms with Crippen molar-refractivity contribution in [3.63, 3.8) is 0 Å². The van der Waals surface area contributed by atoms with Crippen molar-refractivity contribution in [2.24, 2.45) is 5.10 Å². The number of hydrogen-bond acceptors (Lipinski definition) is 4. The summed E-state index contributed by atoms with van der Waals surface area (Å²) in [6.45, 7) is 4.76. The van der Waals surface area contributed by atoms with Gasteiger partial charge in [-0.3, -0.25) is 5.43 Å². The number of aryl methyl sites for hydroxylation is 2. The highest BCUT2D eigenvalue weighted by Gasteiger charge is 2.03. The smallest absolute Gasteiger partial charge is 0.191 e. The van der Waals surface area contributed by atoms with E-state index < -0.39 is 0 Å². The number of para-hydroxylation sites is 1. The van der Waals surface area contributed by atoms with Crippen molar-refractivity contribution in [1.82, 2.24) is 20.4 Å². The van der Waals surface area contributed by atoms with Crippen LogP contribution in [-0.4, -0.2) is 26.3 Å². The van der Waals surface area contributed by atoms with Crippen LogP contribution in [0.2, 0.25) is 0 Å². The molecule has 0 bridgehead atoms. The van der Waals surface area contributed by atoms with Gasteiger partial charge in [0, 0.05) is 11.9 Å². The molecule has 0 aliphatic heterocycles. The minimum atomic E-state index is 0.441. The molecule has 1 heterocycles. The van der Waals surface area contributed by atoms with Crippen molar-refractivity contribution >= 4 is 35.3 Å². The van der Waals surface area contributed by atoms with Crippen LogP contribution in [0.3, 0.4) is 0 Å². The Balaban J connectivity index is 1.48. The summed E-state index contributed by atoms with van der Waals surface area (Å²) in [4.78, 5) is 0. The third-order valence-corrected chi connectivity index (χ3v) is 4.25. The molecule has 3 rings (SSSR count). The molecule has 0 saturated carbocycles. The first-order chi connectivity index (χ1) is 13.6. The van der Waals surface area contributed by atoms with Gasteiger partial charge >= 0.3 is 0 Å². The number of anilines is 1. The number of rotatable bonds is 6. The summed E-state index contributed by atoms with van der Waals surface area (Å²) < 4.78 is 1.80. The first-order valence-corrected chi connectivity index (χ1v) is 9.29. The highest BCUT2D eigenvalue weighted by Crippen LogP contribution is 2.19. The predicted octanol–water partition coefficient (Wildman–Crippen LogP) is 3.93. The molecular formula is C21H22N6S. The third kappa shape index (κ3) is 5.59. The summed E-state index contributed by atoms with van der Waals surface area (Å²) in [5, 5.41) is 16.0. The van der Waals surface area contributed by atoms with Crippen molar-refractivity contribution < 1.29 is 0 Å². The lowest BCUT2D eigenvalue weighted by Gasteiger charge is -2.12.